The number of anilines is 2. The van der Waals surface area contributed by atoms with Crippen LogP contribution in [0.1, 0.15) is 47.9 Å². The van der Waals surface area contributed by atoms with Gasteiger partial charge in [0.2, 0.25) is 0 Å². The van der Waals surface area contributed by atoms with Crippen LogP contribution in [-0.4, -0.2) is 57.4 Å². The highest BCUT2D eigenvalue weighted by molar-refractivity contribution is 5.91. The Morgan fingerprint density at radius 2 is 1.00 bits per heavy atom. The highest BCUT2D eigenvalue weighted by Crippen LogP contribution is 2.43. The minimum absolute atomic E-state index is 0.0652. The molecule has 0 N–H and O–H groups in total. The first-order valence-electron chi connectivity index (χ1n) is 16.6. The quantitative estimate of drug-likeness (QED) is 0.0614. The van der Waals surface area contributed by atoms with E-state index in [9.17, 15) is 19.2 Å². The summed E-state index contributed by atoms with van der Waals surface area (Å²) in [7, 11) is 1.93. The Hall–Kier alpha value is -6.36. The van der Waals surface area contributed by atoms with E-state index in [1.54, 1.807) is 50.2 Å². The molecule has 2 heterocycles. The van der Waals surface area contributed by atoms with Gasteiger partial charge in [-0.25, -0.2) is 9.59 Å². The lowest BCUT2D eigenvalue weighted by Gasteiger charge is -2.21. The molecular weight excluding hydrogens is 666 g/mol. The van der Waals surface area contributed by atoms with Crippen molar-refractivity contribution in [1.82, 2.24) is 0 Å². The first-order valence-corrected chi connectivity index (χ1v) is 16.6. The van der Waals surface area contributed by atoms with Crippen LogP contribution in [0.15, 0.2) is 109 Å². The van der Waals surface area contributed by atoms with Crippen LogP contribution in [0.3, 0.4) is 0 Å². The largest absolute Gasteiger partial charge is 0.490 e. The lowest BCUT2D eigenvalue weighted by Crippen LogP contribution is -2.14. The molecule has 11 nitrogen and oxygen atoms in total. The van der Waals surface area contributed by atoms with Gasteiger partial charge < -0.3 is 33.3 Å². The number of carbonyl (C=O) groups is 4. The predicted molar refractivity (Wildman–Crippen MR) is 191 cm³/mol. The summed E-state index contributed by atoms with van der Waals surface area (Å²) in [4.78, 5) is 51.1. The standard InChI is InChI=1S/C41H37NO10/c1-24(2)38(43)49-20-18-47-30-14-16-34-32(22-30)36(40(45)51-34)26-6-10-28(11-7-26)42(5)29-12-8-27(9-13-29)37-33-23-31(15-17-35(33)52-41(37)46)48-19-21-50-39(44)25(3)4/h6-17,22-23,36-37H,1,3,18-21H2,2,4-5H3. The van der Waals surface area contributed by atoms with Crippen LogP contribution in [0.25, 0.3) is 0 Å². The maximum Gasteiger partial charge on any atom is 0.333 e. The van der Waals surface area contributed by atoms with Crippen molar-refractivity contribution >= 4 is 35.3 Å². The molecule has 0 radical (unpaired) electrons. The molecule has 0 saturated carbocycles. The zero-order valence-corrected chi connectivity index (χ0v) is 29.0. The highest BCUT2D eigenvalue weighted by atomic mass is 16.6. The maximum absolute atomic E-state index is 12.9. The molecule has 52 heavy (non-hydrogen) atoms. The lowest BCUT2D eigenvalue weighted by atomic mass is 9.92. The molecule has 0 amide bonds. The summed E-state index contributed by atoms with van der Waals surface area (Å²) >= 11 is 0. The van der Waals surface area contributed by atoms with E-state index in [1.807, 2.05) is 60.5 Å². The van der Waals surface area contributed by atoms with Gasteiger partial charge in [0, 0.05) is 40.7 Å². The molecule has 0 bridgehead atoms. The third-order valence-electron chi connectivity index (χ3n) is 8.57. The van der Waals surface area contributed by atoms with Crippen molar-refractivity contribution < 1.29 is 47.6 Å². The number of ether oxygens (including phenoxy) is 6. The van der Waals surface area contributed by atoms with Gasteiger partial charge in [-0.15, -0.1) is 0 Å². The lowest BCUT2D eigenvalue weighted by molar-refractivity contribution is -0.140. The summed E-state index contributed by atoms with van der Waals surface area (Å²) in [5, 5.41) is 0. The highest BCUT2D eigenvalue weighted by Gasteiger charge is 2.36. The number of nitrogens with zero attached hydrogens (tertiary/aromatic N) is 1. The van der Waals surface area contributed by atoms with Gasteiger partial charge in [-0.1, -0.05) is 37.4 Å². The summed E-state index contributed by atoms with van der Waals surface area (Å²) in [6.07, 6.45) is 0. The molecule has 0 spiro atoms. The van der Waals surface area contributed by atoms with Gasteiger partial charge in [-0.2, -0.15) is 0 Å². The average Bonchev–Trinajstić information content (AvgIpc) is 3.65. The van der Waals surface area contributed by atoms with Gasteiger partial charge in [0.05, 0.1) is 0 Å². The molecule has 266 valence electrons. The summed E-state index contributed by atoms with van der Waals surface area (Å²) < 4.78 is 32.8. The second-order valence-electron chi connectivity index (χ2n) is 12.4. The molecule has 4 aromatic rings. The molecule has 0 aromatic heterocycles. The Morgan fingerprint density at radius 3 is 1.37 bits per heavy atom. The van der Waals surface area contributed by atoms with Gasteiger partial charge in [-0.3, -0.25) is 9.59 Å². The van der Waals surface area contributed by atoms with E-state index in [-0.39, 0.29) is 38.4 Å². The van der Waals surface area contributed by atoms with E-state index in [0.29, 0.717) is 45.3 Å². The van der Waals surface area contributed by atoms with Gasteiger partial charge in [-0.05, 0) is 85.6 Å². The van der Waals surface area contributed by atoms with Crippen molar-refractivity contribution in [2.24, 2.45) is 0 Å². The van der Waals surface area contributed by atoms with Crippen molar-refractivity contribution in [3.63, 3.8) is 0 Å². The molecule has 2 aliphatic heterocycles. The zero-order valence-electron chi connectivity index (χ0n) is 29.0. The van der Waals surface area contributed by atoms with E-state index in [4.69, 9.17) is 28.4 Å². The van der Waals surface area contributed by atoms with E-state index in [0.717, 1.165) is 22.5 Å². The molecule has 4 aromatic carbocycles. The molecule has 11 heteroatoms. The zero-order chi connectivity index (χ0) is 36.9. The smallest absolute Gasteiger partial charge is 0.333 e. The Labute approximate surface area is 301 Å². The van der Waals surface area contributed by atoms with Crippen molar-refractivity contribution in [3.8, 4) is 23.0 Å². The van der Waals surface area contributed by atoms with Crippen LogP contribution in [0, 0.1) is 0 Å². The Bertz CT molecular complexity index is 1900. The molecular formula is C41H37NO10. The van der Waals surface area contributed by atoms with Crippen LogP contribution >= 0.6 is 0 Å². The predicted octanol–water partition coefficient (Wildman–Crippen LogP) is 6.55. The van der Waals surface area contributed by atoms with Crippen molar-refractivity contribution in [2.45, 2.75) is 25.7 Å². The summed E-state index contributed by atoms with van der Waals surface area (Å²) in [5.41, 5.74) is 5.28. The van der Waals surface area contributed by atoms with Crippen LogP contribution in [0.4, 0.5) is 11.4 Å². The fourth-order valence-electron chi connectivity index (χ4n) is 5.85. The molecule has 0 aliphatic carbocycles. The third-order valence-corrected chi connectivity index (χ3v) is 8.57. The SMILES string of the molecule is C=C(C)C(=O)OCCOc1ccc2c(c1)C(c1ccc(N(C)c3ccc(C4C(=O)Oc5ccc(OCCOC(=O)C(=C)C)cc54)cc3)cc1)C(=O)O2. The second kappa shape index (κ2) is 15.3. The fraction of sp³-hybridized carbons (Fsp3) is 0.220. The Morgan fingerprint density at radius 1 is 0.615 bits per heavy atom. The van der Waals surface area contributed by atoms with Crippen LogP contribution in [-0.2, 0) is 28.7 Å². The van der Waals surface area contributed by atoms with E-state index >= 15 is 0 Å². The number of esters is 4. The molecule has 2 aliphatic rings. The second-order valence-corrected chi connectivity index (χ2v) is 12.4. The fourth-order valence-corrected chi connectivity index (χ4v) is 5.85. The summed E-state index contributed by atoms with van der Waals surface area (Å²) in [6, 6.07) is 25.6. The molecule has 0 saturated heterocycles. The van der Waals surface area contributed by atoms with E-state index in [1.165, 1.54) is 0 Å². The minimum atomic E-state index is -0.627. The minimum Gasteiger partial charge on any atom is -0.490 e. The molecule has 2 atom stereocenters. The molecule has 6 rings (SSSR count). The maximum atomic E-state index is 12.9. The summed E-state index contributed by atoms with van der Waals surface area (Å²) in [6.45, 7) is 10.7. The number of fused-ring (bicyclic) bond motifs is 2. The van der Waals surface area contributed by atoms with E-state index in [2.05, 4.69) is 13.2 Å². The first kappa shape index (κ1) is 35.5. The van der Waals surface area contributed by atoms with Gasteiger partial charge in [0.15, 0.2) is 0 Å². The number of rotatable bonds is 14. The summed E-state index contributed by atoms with van der Waals surface area (Å²) in [5.74, 6) is -0.995. The number of hydrogen-bond donors (Lipinski definition) is 0. The number of benzene rings is 4. The first-order chi connectivity index (χ1) is 25.0. The van der Waals surface area contributed by atoms with E-state index < -0.39 is 23.8 Å². The Balaban J connectivity index is 1.10. The molecule has 0 fully saturated rings. The monoisotopic (exact) mass is 703 g/mol. The number of carbonyl (C=O) groups excluding carboxylic acids is 4. The number of hydrogen-bond acceptors (Lipinski definition) is 11. The van der Waals surface area contributed by atoms with Crippen molar-refractivity contribution in [2.75, 3.05) is 38.4 Å². The van der Waals surface area contributed by atoms with Crippen molar-refractivity contribution in [3.05, 3.63) is 131 Å². The Kier molecular flexibility index (Phi) is 10.4. The van der Waals surface area contributed by atoms with Crippen LogP contribution in [0.5, 0.6) is 23.0 Å². The van der Waals surface area contributed by atoms with Gasteiger partial charge >= 0.3 is 23.9 Å². The molecule has 2 unspecified atom stereocenters. The van der Waals surface area contributed by atoms with Gasteiger partial charge in [0.25, 0.3) is 0 Å². The third kappa shape index (κ3) is 7.68. The van der Waals surface area contributed by atoms with Gasteiger partial charge in [0.1, 0.15) is 61.3 Å². The van der Waals surface area contributed by atoms with Crippen LogP contribution < -0.4 is 23.8 Å². The average molecular weight is 704 g/mol. The van der Waals surface area contributed by atoms with Crippen molar-refractivity contribution in [1.29, 1.82) is 0 Å². The topological polar surface area (TPSA) is 127 Å². The van der Waals surface area contributed by atoms with Crippen LogP contribution in [0.2, 0.25) is 0 Å². The normalized spacial score (nSPS) is 15.4.